The maximum atomic E-state index is 12.1. The van der Waals surface area contributed by atoms with E-state index >= 15 is 0 Å². The molecule has 1 aliphatic rings. The van der Waals surface area contributed by atoms with E-state index < -0.39 is 72.7 Å². The predicted octanol–water partition coefficient (Wildman–Crippen LogP) is -4.67. The predicted molar refractivity (Wildman–Crippen MR) is 112 cm³/mol. The number of carboxylic acids is 1. The Morgan fingerprint density at radius 2 is 1.64 bits per heavy atom. The largest absolute Gasteiger partial charge is 0.480 e. The molecule has 11 N–H and O–H groups in total. The molecule has 0 bridgehead atoms. The molecule has 14 nitrogen and oxygen atoms in total. The first-order chi connectivity index (χ1) is 15.3. The molecule has 192 valence electrons. The zero-order valence-electron chi connectivity index (χ0n) is 18.7. The Hall–Kier alpha value is -1.91. The van der Waals surface area contributed by atoms with Crippen molar-refractivity contribution in [3.05, 3.63) is 0 Å². The average molecular weight is 481 g/mol. The molecule has 0 aliphatic carbocycles. The van der Waals surface area contributed by atoms with Gasteiger partial charge in [-0.05, 0) is 33.2 Å². The van der Waals surface area contributed by atoms with E-state index in [4.69, 9.17) is 15.6 Å². The summed E-state index contributed by atoms with van der Waals surface area (Å²) in [6.45, 7) is 2.58. The third-order valence-electron chi connectivity index (χ3n) is 5.40. The minimum atomic E-state index is -2.16. The van der Waals surface area contributed by atoms with Crippen LogP contribution in [0.3, 0.4) is 0 Å². The molecule has 33 heavy (non-hydrogen) atoms. The molecule has 0 saturated carbocycles. The van der Waals surface area contributed by atoms with Crippen LogP contribution >= 0.6 is 0 Å². The Kier molecular flexibility index (Phi) is 11.6. The molecule has 1 saturated heterocycles. The quantitative estimate of drug-likeness (QED) is 0.112. The summed E-state index contributed by atoms with van der Waals surface area (Å²) in [6.07, 6.45) is -5.68. The zero-order valence-corrected chi connectivity index (χ0v) is 18.7. The van der Waals surface area contributed by atoms with Gasteiger partial charge in [0.05, 0.1) is 12.6 Å². The number of carboxylic acid groups (broad SMARTS) is 1. The molecular weight excluding hydrogens is 444 g/mol. The second-order valence-electron chi connectivity index (χ2n) is 8.16. The van der Waals surface area contributed by atoms with Crippen molar-refractivity contribution >= 4 is 17.8 Å². The van der Waals surface area contributed by atoms with E-state index in [9.17, 15) is 39.9 Å². The van der Waals surface area contributed by atoms with E-state index in [0.717, 1.165) is 0 Å². The Labute approximate surface area is 191 Å². The second-order valence-corrected chi connectivity index (χ2v) is 8.16. The van der Waals surface area contributed by atoms with Gasteiger partial charge in [-0.1, -0.05) is 0 Å². The van der Waals surface area contributed by atoms with Gasteiger partial charge in [-0.15, -0.1) is 0 Å². The molecular formula is C19H36N4O10. The average Bonchev–Trinajstić information content (AvgIpc) is 2.76. The summed E-state index contributed by atoms with van der Waals surface area (Å²) in [6, 6.07) is -2.98. The zero-order chi connectivity index (χ0) is 25.3. The SMILES string of the molecule is CC(NC(=O)C(C)NC(=O)C(N)CCCNCCC1(O)OC(CO)C(O)C(O)C1O)C(=O)O. The molecule has 8 atom stereocenters. The van der Waals surface area contributed by atoms with Crippen molar-refractivity contribution in [1.82, 2.24) is 16.0 Å². The van der Waals surface area contributed by atoms with E-state index in [1.54, 1.807) is 0 Å². The van der Waals surface area contributed by atoms with Gasteiger partial charge in [0.1, 0.15) is 36.5 Å². The summed E-state index contributed by atoms with van der Waals surface area (Å²) in [5.74, 6) is -4.59. The van der Waals surface area contributed by atoms with Gasteiger partial charge in [0, 0.05) is 13.0 Å². The van der Waals surface area contributed by atoms with Gasteiger partial charge in [0.2, 0.25) is 11.8 Å². The number of aliphatic carboxylic acids is 1. The van der Waals surface area contributed by atoms with Crippen molar-refractivity contribution in [1.29, 1.82) is 0 Å². The first-order valence-electron chi connectivity index (χ1n) is 10.7. The number of aliphatic hydroxyl groups excluding tert-OH is 4. The van der Waals surface area contributed by atoms with Gasteiger partial charge in [0.25, 0.3) is 0 Å². The molecule has 0 aromatic rings. The van der Waals surface area contributed by atoms with Crippen molar-refractivity contribution in [2.24, 2.45) is 5.73 Å². The smallest absolute Gasteiger partial charge is 0.325 e. The second kappa shape index (κ2) is 13.1. The van der Waals surface area contributed by atoms with Crippen molar-refractivity contribution in [2.75, 3.05) is 19.7 Å². The fraction of sp³-hybridized carbons (Fsp3) is 0.842. The van der Waals surface area contributed by atoms with Crippen LogP contribution in [0.2, 0.25) is 0 Å². The highest BCUT2D eigenvalue weighted by Gasteiger charge is 2.52. The van der Waals surface area contributed by atoms with Gasteiger partial charge >= 0.3 is 5.97 Å². The molecule has 8 unspecified atom stereocenters. The summed E-state index contributed by atoms with van der Waals surface area (Å²) in [4.78, 5) is 34.7. The monoisotopic (exact) mass is 480 g/mol. The third-order valence-corrected chi connectivity index (χ3v) is 5.40. The molecule has 0 aromatic carbocycles. The number of nitrogens with two attached hydrogens (primary N) is 1. The van der Waals surface area contributed by atoms with E-state index in [-0.39, 0.29) is 19.4 Å². The topological polar surface area (TPSA) is 244 Å². The van der Waals surface area contributed by atoms with Crippen LogP contribution in [0.5, 0.6) is 0 Å². The highest BCUT2D eigenvalue weighted by atomic mass is 16.7. The lowest BCUT2D eigenvalue weighted by atomic mass is 9.91. The third kappa shape index (κ3) is 8.42. The van der Waals surface area contributed by atoms with Crippen LogP contribution in [0, 0.1) is 0 Å². The van der Waals surface area contributed by atoms with Gasteiger partial charge in [0.15, 0.2) is 5.79 Å². The Morgan fingerprint density at radius 3 is 2.21 bits per heavy atom. The molecule has 2 amide bonds. The summed E-state index contributed by atoms with van der Waals surface area (Å²) < 4.78 is 5.15. The van der Waals surface area contributed by atoms with E-state index in [2.05, 4.69) is 16.0 Å². The van der Waals surface area contributed by atoms with E-state index in [1.165, 1.54) is 13.8 Å². The van der Waals surface area contributed by atoms with Crippen molar-refractivity contribution in [3.63, 3.8) is 0 Å². The molecule has 14 heteroatoms. The number of hydrogen-bond acceptors (Lipinski definition) is 11. The highest BCUT2D eigenvalue weighted by Crippen LogP contribution is 2.30. The minimum Gasteiger partial charge on any atom is -0.480 e. The van der Waals surface area contributed by atoms with Gasteiger partial charge in [-0.3, -0.25) is 14.4 Å². The standard InChI is InChI=1S/C19H36N4O10/c1-9(16(28)23-10(2)18(30)31)22-17(29)11(20)4-3-6-21-7-5-19(32)15(27)14(26)13(25)12(8-24)33-19/h9-15,21,24-27,32H,3-8,20H2,1-2H3,(H,22,29)(H,23,28)(H,30,31). The van der Waals surface area contributed by atoms with E-state index in [0.29, 0.717) is 13.0 Å². The number of carbonyl (C=O) groups excluding carboxylic acids is 2. The maximum absolute atomic E-state index is 12.1. The Morgan fingerprint density at radius 1 is 1.03 bits per heavy atom. The number of ether oxygens (including phenoxy) is 1. The minimum absolute atomic E-state index is 0.148. The highest BCUT2D eigenvalue weighted by molar-refractivity contribution is 5.91. The molecule has 0 spiro atoms. The summed E-state index contributed by atoms with van der Waals surface area (Å²) in [5.41, 5.74) is 5.81. The first-order valence-corrected chi connectivity index (χ1v) is 10.7. The number of hydrogen-bond donors (Lipinski definition) is 10. The summed E-state index contributed by atoms with van der Waals surface area (Å²) in [7, 11) is 0. The Bertz CT molecular complexity index is 666. The van der Waals surface area contributed by atoms with E-state index in [1.807, 2.05) is 0 Å². The number of rotatable bonds is 13. The molecule has 1 heterocycles. The lowest BCUT2D eigenvalue weighted by molar-refractivity contribution is -0.350. The number of carbonyl (C=O) groups is 3. The lowest BCUT2D eigenvalue weighted by Gasteiger charge is -2.45. The normalized spacial score (nSPS) is 30.2. The Balaban J connectivity index is 2.32. The molecule has 1 aliphatic heterocycles. The van der Waals surface area contributed by atoms with Crippen LogP contribution in [0.25, 0.3) is 0 Å². The molecule has 0 aromatic heterocycles. The lowest BCUT2D eigenvalue weighted by Crippen LogP contribution is -2.65. The fourth-order valence-electron chi connectivity index (χ4n) is 3.18. The van der Waals surface area contributed by atoms with Crippen LogP contribution in [0.15, 0.2) is 0 Å². The van der Waals surface area contributed by atoms with Crippen LogP contribution in [-0.4, -0.2) is 116 Å². The summed E-state index contributed by atoms with van der Waals surface area (Å²) >= 11 is 0. The van der Waals surface area contributed by atoms with Gasteiger partial charge in [-0.25, -0.2) is 0 Å². The van der Waals surface area contributed by atoms with Crippen LogP contribution < -0.4 is 21.7 Å². The number of aliphatic hydroxyl groups is 5. The van der Waals surface area contributed by atoms with Crippen molar-refractivity contribution in [3.8, 4) is 0 Å². The van der Waals surface area contributed by atoms with Crippen molar-refractivity contribution in [2.45, 2.75) is 81.4 Å². The maximum Gasteiger partial charge on any atom is 0.325 e. The van der Waals surface area contributed by atoms with Crippen LogP contribution in [0.1, 0.15) is 33.1 Å². The van der Waals surface area contributed by atoms with Crippen LogP contribution in [0.4, 0.5) is 0 Å². The first kappa shape index (κ1) is 29.1. The van der Waals surface area contributed by atoms with Crippen LogP contribution in [-0.2, 0) is 19.1 Å². The molecule has 1 rings (SSSR count). The molecule has 1 fully saturated rings. The number of amides is 2. The van der Waals surface area contributed by atoms with Gasteiger partial charge < -0.3 is 57.1 Å². The summed E-state index contributed by atoms with van der Waals surface area (Å²) in [5, 5.41) is 65.5. The van der Waals surface area contributed by atoms with Gasteiger partial charge in [-0.2, -0.15) is 0 Å². The van der Waals surface area contributed by atoms with Crippen molar-refractivity contribution < 1.29 is 49.8 Å². The fourth-order valence-corrected chi connectivity index (χ4v) is 3.18. The number of nitrogens with one attached hydrogen (secondary N) is 3. The molecule has 0 radical (unpaired) electrons.